The molecule has 1 aliphatic heterocycles. The van der Waals surface area contributed by atoms with E-state index in [4.69, 9.17) is 10.5 Å². The van der Waals surface area contributed by atoms with Crippen LogP contribution in [0, 0.1) is 5.92 Å². The molecular weight excluding hydrogens is 204 g/mol. The summed E-state index contributed by atoms with van der Waals surface area (Å²) in [6.07, 6.45) is 1.15. The quantitative estimate of drug-likeness (QED) is 0.784. The van der Waals surface area contributed by atoms with Crippen LogP contribution in [-0.2, 0) is 9.53 Å². The Kier molecular flexibility index (Phi) is 4.74. The van der Waals surface area contributed by atoms with E-state index >= 15 is 0 Å². The van der Waals surface area contributed by atoms with E-state index in [0.29, 0.717) is 13.1 Å². The lowest BCUT2D eigenvalue weighted by molar-refractivity contribution is -0.145. The zero-order chi connectivity index (χ0) is 12.3. The maximum Gasteiger partial charge on any atom is 0.239 e. The first-order chi connectivity index (χ1) is 7.45. The molecule has 4 heteroatoms. The van der Waals surface area contributed by atoms with E-state index in [0.717, 1.165) is 6.42 Å². The predicted octanol–water partition coefficient (Wildman–Crippen LogP) is 0.996. The number of nitrogens with two attached hydrogens (primary N) is 1. The summed E-state index contributed by atoms with van der Waals surface area (Å²) in [5.74, 6) is 0.303. The average Bonchev–Trinajstić information content (AvgIpc) is 2.24. The topological polar surface area (TPSA) is 55.6 Å². The lowest BCUT2D eigenvalue weighted by atomic mass is 9.98. The molecule has 4 atom stereocenters. The summed E-state index contributed by atoms with van der Waals surface area (Å²) in [5, 5.41) is 0. The molecule has 0 radical (unpaired) electrons. The molecule has 0 spiro atoms. The number of ether oxygens (including phenoxy) is 1. The largest absolute Gasteiger partial charge is 0.372 e. The Morgan fingerprint density at radius 2 is 1.94 bits per heavy atom. The van der Waals surface area contributed by atoms with Crippen LogP contribution in [0.1, 0.15) is 34.1 Å². The van der Waals surface area contributed by atoms with Gasteiger partial charge in [0.25, 0.3) is 0 Å². The molecule has 2 unspecified atom stereocenters. The van der Waals surface area contributed by atoms with Crippen molar-refractivity contribution in [3.8, 4) is 0 Å². The van der Waals surface area contributed by atoms with Crippen LogP contribution in [0.5, 0.6) is 0 Å². The minimum Gasteiger partial charge on any atom is -0.372 e. The highest BCUT2D eigenvalue weighted by Gasteiger charge is 2.30. The number of amides is 1. The Bertz CT molecular complexity index is 235. The number of rotatable bonds is 3. The first-order valence-corrected chi connectivity index (χ1v) is 6.15. The second-order valence-electron chi connectivity index (χ2n) is 4.91. The molecular formula is C12H24N2O2. The monoisotopic (exact) mass is 228 g/mol. The third-order valence-electron chi connectivity index (χ3n) is 3.27. The highest BCUT2D eigenvalue weighted by atomic mass is 16.5. The predicted molar refractivity (Wildman–Crippen MR) is 64.0 cm³/mol. The fourth-order valence-corrected chi connectivity index (χ4v) is 2.07. The van der Waals surface area contributed by atoms with Crippen molar-refractivity contribution in [2.75, 3.05) is 13.1 Å². The van der Waals surface area contributed by atoms with E-state index in [1.807, 2.05) is 25.7 Å². The molecule has 0 saturated carbocycles. The molecule has 94 valence electrons. The van der Waals surface area contributed by atoms with Crippen LogP contribution in [0.2, 0.25) is 0 Å². The van der Waals surface area contributed by atoms with Crippen molar-refractivity contribution >= 4 is 5.91 Å². The van der Waals surface area contributed by atoms with Gasteiger partial charge >= 0.3 is 0 Å². The van der Waals surface area contributed by atoms with Gasteiger partial charge in [0, 0.05) is 13.1 Å². The second kappa shape index (κ2) is 5.64. The number of carbonyl (C=O) groups is 1. The van der Waals surface area contributed by atoms with E-state index in [1.54, 1.807) is 0 Å². The number of nitrogens with zero attached hydrogens (tertiary/aromatic N) is 1. The maximum atomic E-state index is 12.1. The van der Waals surface area contributed by atoms with Gasteiger partial charge in [-0.05, 0) is 19.8 Å². The molecule has 2 N–H and O–H groups in total. The summed E-state index contributed by atoms with van der Waals surface area (Å²) in [4.78, 5) is 14.0. The van der Waals surface area contributed by atoms with Crippen LogP contribution in [0.4, 0.5) is 0 Å². The van der Waals surface area contributed by atoms with Crippen LogP contribution in [0.25, 0.3) is 0 Å². The summed E-state index contributed by atoms with van der Waals surface area (Å²) in [7, 11) is 0. The van der Waals surface area contributed by atoms with Gasteiger partial charge in [-0.1, -0.05) is 20.3 Å². The normalized spacial score (nSPS) is 29.9. The second-order valence-corrected chi connectivity index (χ2v) is 4.91. The van der Waals surface area contributed by atoms with Crippen molar-refractivity contribution in [2.45, 2.75) is 52.4 Å². The minimum absolute atomic E-state index is 0.0661. The van der Waals surface area contributed by atoms with Gasteiger partial charge in [-0.25, -0.2) is 0 Å². The van der Waals surface area contributed by atoms with Gasteiger partial charge in [-0.15, -0.1) is 0 Å². The molecule has 1 heterocycles. The number of hydrogen-bond acceptors (Lipinski definition) is 3. The molecule has 0 aromatic heterocycles. The van der Waals surface area contributed by atoms with Crippen molar-refractivity contribution in [1.29, 1.82) is 0 Å². The SMILES string of the molecule is CCC(C)C(N)C(=O)N1C[C@@H](C)O[C@@H](C)C1. The molecule has 1 amide bonds. The standard InChI is InChI=1S/C12H24N2O2/c1-5-8(2)11(13)12(15)14-6-9(3)16-10(4)7-14/h8-11H,5-7,13H2,1-4H3/t8?,9-,10+,11?. The van der Waals surface area contributed by atoms with Crippen LogP contribution in [-0.4, -0.2) is 42.1 Å². The third-order valence-corrected chi connectivity index (χ3v) is 3.27. The number of hydrogen-bond donors (Lipinski definition) is 1. The number of morpholine rings is 1. The van der Waals surface area contributed by atoms with Crippen molar-refractivity contribution < 1.29 is 9.53 Å². The Hall–Kier alpha value is -0.610. The highest BCUT2D eigenvalue weighted by molar-refractivity contribution is 5.82. The molecule has 0 bridgehead atoms. The summed E-state index contributed by atoms with van der Waals surface area (Å²) < 4.78 is 5.60. The van der Waals surface area contributed by atoms with E-state index in [-0.39, 0.29) is 30.1 Å². The fraction of sp³-hybridized carbons (Fsp3) is 0.917. The summed E-state index contributed by atoms with van der Waals surface area (Å²) >= 11 is 0. The molecule has 1 fully saturated rings. The lowest BCUT2D eigenvalue weighted by Crippen LogP contribution is -2.54. The first kappa shape index (κ1) is 13.5. The first-order valence-electron chi connectivity index (χ1n) is 6.15. The molecule has 1 saturated heterocycles. The summed E-state index contributed by atoms with van der Waals surface area (Å²) in [6, 6.07) is -0.373. The lowest BCUT2D eigenvalue weighted by Gasteiger charge is -2.37. The molecule has 0 aromatic carbocycles. The minimum atomic E-state index is -0.373. The highest BCUT2D eigenvalue weighted by Crippen LogP contribution is 2.14. The Labute approximate surface area is 98.1 Å². The van der Waals surface area contributed by atoms with Gasteiger partial charge in [0.05, 0.1) is 18.2 Å². The third kappa shape index (κ3) is 3.19. The van der Waals surface area contributed by atoms with Gasteiger partial charge in [-0.3, -0.25) is 4.79 Å². The summed E-state index contributed by atoms with van der Waals surface area (Å²) in [6.45, 7) is 9.38. The van der Waals surface area contributed by atoms with E-state index in [1.165, 1.54) is 0 Å². The van der Waals surface area contributed by atoms with E-state index in [2.05, 4.69) is 6.92 Å². The zero-order valence-corrected chi connectivity index (χ0v) is 10.8. The summed E-state index contributed by atoms with van der Waals surface area (Å²) in [5.41, 5.74) is 5.96. The van der Waals surface area contributed by atoms with Gasteiger partial charge in [0.1, 0.15) is 0 Å². The van der Waals surface area contributed by atoms with Crippen molar-refractivity contribution in [1.82, 2.24) is 4.90 Å². The van der Waals surface area contributed by atoms with Crippen LogP contribution in [0.3, 0.4) is 0 Å². The van der Waals surface area contributed by atoms with E-state index in [9.17, 15) is 4.79 Å². The van der Waals surface area contributed by atoms with Gasteiger partial charge in [0.2, 0.25) is 5.91 Å². The molecule has 1 rings (SSSR count). The molecule has 1 aliphatic rings. The van der Waals surface area contributed by atoms with Crippen LogP contribution >= 0.6 is 0 Å². The van der Waals surface area contributed by atoms with E-state index < -0.39 is 0 Å². The van der Waals surface area contributed by atoms with Crippen molar-refractivity contribution in [3.05, 3.63) is 0 Å². The molecule has 0 aromatic rings. The van der Waals surface area contributed by atoms with Gasteiger partial charge < -0.3 is 15.4 Å². The Balaban J connectivity index is 2.59. The fourth-order valence-electron chi connectivity index (χ4n) is 2.07. The van der Waals surface area contributed by atoms with Gasteiger partial charge in [-0.2, -0.15) is 0 Å². The molecule has 16 heavy (non-hydrogen) atoms. The zero-order valence-electron chi connectivity index (χ0n) is 10.8. The van der Waals surface area contributed by atoms with Gasteiger partial charge in [0.15, 0.2) is 0 Å². The number of carbonyl (C=O) groups excluding carboxylic acids is 1. The average molecular weight is 228 g/mol. The van der Waals surface area contributed by atoms with Crippen molar-refractivity contribution in [3.63, 3.8) is 0 Å². The van der Waals surface area contributed by atoms with Crippen LogP contribution in [0.15, 0.2) is 0 Å². The molecule has 4 nitrogen and oxygen atoms in total. The smallest absolute Gasteiger partial charge is 0.239 e. The molecule has 0 aliphatic carbocycles. The van der Waals surface area contributed by atoms with Crippen LogP contribution < -0.4 is 5.73 Å². The Morgan fingerprint density at radius 3 is 2.38 bits per heavy atom. The Morgan fingerprint density at radius 1 is 1.44 bits per heavy atom. The maximum absolute atomic E-state index is 12.1. The van der Waals surface area contributed by atoms with Crippen molar-refractivity contribution in [2.24, 2.45) is 11.7 Å².